The van der Waals surface area contributed by atoms with Crippen LogP contribution < -0.4 is 20.5 Å². The molecule has 0 saturated carbocycles. The molecule has 1 rings (SSSR count). The van der Waals surface area contributed by atoms with E-state index >= 15 is 0 Å². The van der Waals surface area contributed by atoms with Crippen LogP contribution in [0.15, 0.2) is 30.3 Å². The zero-order valence-corrected chi connectivity index (χ0v) is 23.7. The predicted octanol–water partition coefficient (Wildman–Crippen LogP) is -0.0593. The van der Waals surface area contributed by atoms with Crippen LogP contribution >= 0.6 is 0 Å². The largest absolute Gasteiger partial charge is 0.843 e. The number of hydrogen-bond acceptors (Lipinski definition) is 10. The van der Waals surface area contributed by atoms with Gasteiger partial charge in [-0.2, -0.15) is 0 Å². The molecule has 6 atom stereocenters. The quantitative estimate of drug-likeness (QED) is 0.187. The number of carbonyl (C=O) groups excluding carboxylic acids is 5. The van der Waals surface area contributed by atoms with Crippen molar-refractivity contribution < 1.29 is 48.8 Å². The molecule has 40 heavy (non-hydrogen) atoms. The highest BCUT2D eigenvalue weighted by molar-refractivity contribution is 5.99. The third kappa shape index (κ3) is 10.2. The van der Waals surface area contributed by atoms with Crippen molar-refractivity contribution in [2.24, 2.45) is 23.7 Å². The fourth-order valence-corrected chi connectivity index (χ4v) is 3.05. The molecule has 1 aromatic rings. The average molecular weight is 564 g/mol. The van der Waals surface area contributed by atoms with Crippen LogP contribution in [0.2, 0.25) is 0 Å². The van der Waals surface area contributed by atoms with Crippen molar-refractivity contribution in [1.29, 1.82) is 0 Å². The molecular weight excluding hydrogens is 524 g/mol. The molecule has 0 aromatic heterocycles. The third-order valence-electron chi connectivity index (χ3n) is 6.56. The van der Waals surface area contributed by atoms with E-state index in [1.54, 1.807) is 41.5 Å². The van der Waals surface area contributed by atoms with Gasteiger partial charge in [0, 0.05) is 17.9 Å². The van der Waals surface area contributed by atoms with E-state index in [2.05, 4.69) is 10.1 Å². The molecule has 0 aliphatic carbocycles. The Bertz CT molecular complexity index is 1070. The molecule has 4 amide bonds. The van der Waals surface area contributed by atoms with Crippen LogP contribution in [-0.4, -0.2) is 71.3 Å². The molecule has 0 unspecified atom stereocenters. The Morgan fingerprint density at radius 1 is 0.775 bits per heavy atom. The van der Waals surface area contributed by atoms with Crippen molar-refractivity contribution in [3.63, 3.8) is 0 Å². The minimum absolute atomic E-state index is 0.00110. The van der Waals surface area contributed by atoms with Gasteiger partial charge in [-0.1, -0.05) is 53.7 Å². The maximum atomic E-state index is 13.0. The van der Waals surface area contributed by atoms with Gasteiger partial charge in [0.2, 0.25) is 23.8 Å². The van der Waals surface area contributed by atoms with Gasteiger partial charge in [0.25, 0.3) is 5.91 Å². The summed E-state index contributed by atoms with van der Waals surface area (Å²) in [5.41, 5.74) is 0.553. The van der Waals surface area contributed by atoms with Crippen molar-refractivity contribution in [3.8, 4) is 5.75 Å². The van der Waals surface area contributed by atoms with Crippen LogP contribution in [0.3, 0.4) is 0 Å². The van der Waals surface area contributed by atoms with Gasteiger partial charge in [0.1, 0.15) is 11.9 Å². The summed E-state index contributed by atoms with van der Waals surface area (Å²) in [5.74, 6) is -6.02. The van der Waals surface area contributed by atoms with E-state index in [-0.39, 0.29) is 17.6 Å². The SMILES string of the molecule is COC(=O)/C=C/c1ccc(O[C@@H](C(=O)NC(=O)[C@@H](C)C(C)C)[C@H](O)[C@@H](O)[C@@H]([O-])C(=O)NC(=O)[C@@H](C)C(C)C)cc1. The molecule has 0 spiro atoms. The number of nitrogens with one attached hydrogen (secondary N) is 2. The molecule has 0 aliphatic heterocycles. The molecule has 0 aliphatic rings. The van der Waals surface area contributed by atoms with Gasteiger partial charge in [-0.15, -0.1) is 0 Å². The van der Waals surface area contributed by atoms with E-state index in [1.807, 2.05) is 5.32 Å². The molecule has 1 aromatic carbocycles. The monoisotopic (exact) mass is 563 g/mol. The van der Waals surface area contributed by atoms with Crippen molar-refractivity contribution >= 4 is 35.7 Å². The number of carbonyl (C=O) groups is 5. The number of benzene rings is 1. The summed E-state index contributed by atoms with van der Waals surface area (Å²) in [6, 6.07) is 5.76. The summed E-state index contributed by atoms with van der Waals surface area (Å²) in [7, 11) is 1.22. The van der Waals surface area contributed by atoms with Gasteiger partial charge < -0.3 is 24.8 Å². The molecule has 0 saturated heterocycles. The number of aliphatic hydroxyl groups is 2. The molecule has 0 radical (unpaired) electrons. The normalized spacial score (nSPS) is 16.0. The first-order valence-electron chi connectivity index (χ1n) is 12.8. The fourth-order valence-electron chi connectivity index (χ4n) is 3.05. The maximum absolute atomic E-state index is 13.0. The minimum atomic E-state index is -2.56. The van der Waals surface area contributed by atoms with Gasteiger partial charge in [0.05, 0.1) is 13.2 Å². The summed E-state index contributed by atoms with van der Waals surface area (Å²) < 4.78 is 10.1. The number of amides is 4. The predicted molar refractivity (Wildman–Crippen MR) is 142 cm³/mol. The summed E-state index contributed by atoms with van der Waals surface area (Å²) in [4.78, 5) is 61.3. The number of esters is 1. The molecular formula is C28H39N2O10-. The first-order valence-corrected chi connectivity index (χ1v) is 12.8. The van der Waals surface area contributed by atoms with Gasteiger partial charge in [-0.3, -0.25) is 29.8 Å². The number of imide groups is 2. The number of hydrogen-bond donors (Lipinski definition) is 4. The van der Waals surface area contributed by atoms with Crippen molar-refractivity contribution in [2.75, 3.05) is 7.11 Å². The molecule has 4 N–H and O–H groups in total. The maximum Gasteiger partial charge on any atom is 0.330 e. The third-order valence-corrected chi connectivity index (χ3v) is 6.56. The number of aliphatic hydroxyl groups excluding tert-OH is 2. The Labute approximate surface area is 233 Å². The van der Waals surface area contributed by atoms with Crippen molar-refractivity contribution in [3.05, 3.63) is 35.9 Å². The number of rotatable bonds is 13. The smallest absolute Gasteiger partial charge is 0.330 e. The molecule has 0 bridgehead atoms. The minimum Gasteiger partial charge on any atom is -0.843 e. The number of ether oxygens (including phenoxy) is 2. The lowest BCUT2D eigenvalue weighted by molar-refractivity contribution is -0.426. The Balaban J connectivity index is 3.18. The van der Waals surface area contributed by atoms with E-state index in [1.165, 1.54) is 43.5 Å². The zero-order chi connectivity index (χ0) is 30.7. The van der Waals surface area contributed by atoms with Gasteiger partial charge in [0.15, 0.2) is 0 Å². The second-order valence-electron chi connectivity index (χ2n) is 10.1. The van der Waals surface area contributed by atoms with Crippen LogP contribution in [0.4, 0.5) is 0 Å². The van der Waals surface area contributed by atoms with Crippen molar-refractivity contribution in [2.45, 2.75) is 66.0 Å². The Morgan fingerprint density at radius 3 is 1.70 bits per heavy atom. The second-order valence-corrected chi connectivity index (χ2v) is 10.1. The lowest BCUT2D eigenvalue weighted by atomic mass is 9.96. The van der Waals surface area contributed by atoms with Gasteiger partial charge >= 0.3 is 5.97 Å². The Morgan fingerprint density at radius 2 is 1.25 bits per heavy atom. The van der Waals surface area contributed by atoms with E-state index in [9.17, 15) is 39.3 Å². The molecule has 12 nitrogen and oxygen atoms in total. The Kier molecular flexibility index (Phi) is 13.6. The van der Waals surface area contributed by atoms with Crippen molar-refractivity contribution in [1.82, 2.24) is 10.6 Å². The summed E-state index contributed by atoms with van der Waals surface area (Å²) in [6.45, 7) is 10.2. The standard InChI is InChI=1S/C28H39N2O10/c1-14(2)16(5)25(35)29-27(37)23(34)21(32)22(33)24(28(38)30-26(36)17(6)15(3)4)40-19-11-8-18(9-12-19)10-13-20(31)39-7/h8-17,21-24,32-33H,1-7H3,(H,29,35,37)(H,30,36,38)/q-1/b13-10+/t16-,17-,21+,22+,23+,24+/m0/s1. The van der Waals surface area contributed by atoms with Crippen LogP contribution in [0, 0.1) is 23.7 Å². The first kappa shape index (κ1) is 34.4. The van der Waals surface area contributed by atoms with Crippen LogP contribution in [-0.2, 0) is 28.7 Å². The van der Waals surface area contributed by atoms with E-state index in [4.69, 9.17) is 4.74 Å². The first-order chi connectivity index (χ1) is 18.6. The zero-order valence-electron chi connectivity index (χ0n) is 23.7. The highest BCUT2D eigenvalue weighted by atomic mass is 16.5. The van der Waals surface area contributed by atoms with E-state index in [0.29, 0.717) is 5.56 Å². The number of methoxy groups -OCH3 is 1. The average Bonchev–Trinajstić information content (AvgIpc) is 2.92. The molecule has 0 heterocycles. The Hall–Kier alpha value is -3.61. The van der Waals surface area contributed by atoms with Gasteiger partial charge in [-0.25, -0.2) is 4.79 Å². The summed E-state index contributed by atoms with van der Waals surface area (Å²) in [6.07, 6.45) is -6.59. The fraction of sp³-hybridized carbons (Fsp3) is 0.536. The highest BCUT2D eigenvalue weighted by Gasteiger charge is 2.38. The summed E-state index contributed by atoms with van der Waals surface area (Å²) in [5, 5.41) is 37.9. The summed E-state index contributed by atoms with van der Waals surface area (Å²) >= 11 is 0. The van der Waals surface area contributed by atoms with E-state index in [0.717, 1.165) is 0 Å². The van der Waals surface area contributed by atoms with Crippen LogP contribution in [0.5, 0.6) is 5.75 Å². The lowest BCUT2D eigenvalue weighted by Gasteiger charge is -2.34. The molecule has 0 fully saturated rings. The van der Waals surface area contributed by atoms with Crippen LogP contribution in [0.1, 0.15) is 47.1 Å². The lowest BCUT2D eigenvalue weighted by Crippen LogP contribution is -2.61. The molecule has 222 valence electrons. The van der Waals surface area contributed by atoms with Crippen LogP contribution in [0.25, 0.3) is 6.08 Å². The highest BCUT2D eigenvalue weighted by Crippen LogP contribution is 2.19. The molecule has 12 heteroatoms. The van der Waals surface area contributed by atoms with E-state index < -0.39 is 65.8 Å². The topological polar surface area (TPSA) is 191 Å². The van der Waals surface area contributed by atoms with Gasteiger partial charge in [-0.05, 0) is 41.7 Å². The second kappa shape index (κ2) is 15.8.